The molecule has 134 valence electrons. The predicted molar refractivity (Wildman–Crippen MR) is 96.0 cm³/mol. The Kier molecular flexibility index (Phi) is 6.41. The molecule has 1 unspecified atom stereocenters. The fourth-order valence-electron chi connectivity index (χ4n) is 2.87. The van der Waals surface area contributed by atoms with Gasteiger partial charge in [-0.1, -0.05) is 41.9 Å². The lowest BCUT2D eigenvalue weighted by Gasteiger charge is -2.32. The van der Waals surface area contributed by atoms with E-state index < -0.39 is 22.2 Å². The molecule has 0 radical (unpaired) electrons. The van der Waals surface area contributed by atoms with Crippen LogP contribution < -0.4 is 4.72 Å². The van der Waals surface area contributed by atoms with Gasteiger partial charge in [-0.15, -0.1) is 0 Å². The first-order chi connectivity index (χ1) is 11.2. The largest absolute Gasteiger partial charge is 0.480 e. The van der Waals surface area contributed by atoms with Crippen LogP contribution in [0.25, 0.3) is 0 Å². The summed E-state index contributed by atoms with van der Waals surface area (Å²) in [7, 11) is -3.79. The van der Waals surface area contributed by atoms with Crippen molar-refractivity contribution >= 4 is 32.1 Å². The maximum Gasteiger partial charge on any atom is 0.322 e. The van der Waals surface area contributed by atoms with Crippen molar-refractivity contribution in [1.82, 2.24) is 9.03 Å². The van der Waals surface area contributed by atoms with Crippen molar-refractivity contribution < 1.29 is 18.3 Å². The number of piperidine rings is 1. The highest BCUT2D eigenvalue weighted by atomic mass is 79.9. The van der Waals surface area contributed by atoms with Crippen LogP contribution in [0.4, 0.5) is 0 Å². The Labute approximate surface area is 151 Å². The molecule has 8 heteroatoms. The second-order valence-corrected chi connectivity index (χ2v) is 9.03. The minimum atomic E-state index is -3.79. The second kappa shape index (κ2) is 7.95. The van der Waals surface area contributed by atoms with Gasteiger partial charge in [0.15, 0.2) is 0 Å². The molecule has 0 aromatic heterocycles. The van der Waals surface area contributed by atoms with Crippen molar-refractivity contribution in [1.29, 1.82) is 0 Å². The van der Waals surface area contributed by atoms with Crippen molar-refractivity contribution in [3.8, 4) is 0 Å². The summed E-state index contributed by atoms with van der Waals surface area (Å²) < 4.78 is 29.6. The molecular weight excluding hydrogens is 396 g/mol. The number of nitrogens with zero attached hydrogens (tertiary/aromatic N) is 1. The van der Waals surface area contributed by atoms with E-state index >= 15 is 0 Å². The van der Waals surface area contributed by atoms with Gasteiger partial charge in [-0.3, -0.25) is 4.79 Å². The molecule has 1 heterocycles. The lowest BCUT2D eigenvalue weighted by molar-refractivity contribution is -0.140. The molecule has 24 heavy (non-hydrogen) atoms. The monoisotopic (exact) mass is 418 g/mol. The quantitative estimate of drug-likeness (QED) is 0.742. The number of hydrogen-bond acceptors (Lipinski definition) is 3. The number of carboxylic acid groups (broad SMARTS) is 1. The van der Waals surface area contributed by atoms with Crippen LogP contribution in [-0.4, -0.2) is 42.9 Å². The number of carbonyl (C=O) groups is 1. The van der Waals surface area contributed by atoms with Gasteiger partial charge in [-0.2, -0.15) is 17.4 Å². The van der Waals surface area contributed by atoms with Gasteiger partial charge in [-0.25, -0.2) is 0 Å². The molecule has 0 amide bonds. The van der Waals surface area contributed by atoms with Crippen molar-refractivity contribution in [3.63, 3.8) is 0 Å². The van der Waals surface area contributed by atoms with E-state index in [2.05, 4.69) is 32.8 Å². The first kappa shape index (κ1) is 19.4. The normalized spacial score (nSPS) is 18.7. The average Bonchev–Trinajstić information content (AvgIpc) is 2.53. The van der Waals surface area contributed by atoms with Crippen LogP contribution in [-0.2, 0) is 15.0 Å². The highest BCUT2D eigenvalue weighted by molar-refractivity contribution is 9.10. The smallest absolute Gasteiger partial charge is 0.322 e. The third-order valence-electron chi connectivity index (χ3n) is 4.34. The van der Waals surface area contributed by atoms with Crippen LogP contribution in [0.1, 0.15) is 38.2 Å². The lowest BCUT2D eigenvalue weighted by atomic mass is 9.90. The zero-order valence-corrected chi connectivity index (χ0v) is 16.2. The van der Waals surface area contributed by atoms with E-state index in [4.69, 9.17) is 5.11 Å². The third-order valence-corrected chi connectivity index (χ3v) is 6.47. The molecule has 1 aliphatic rings. The molecule has 6 nitrogen and oxygen atoms in total. The van der Waals surface area contributed by atoms with Crippen molar-refractivity contribution in [2.24, 2.45) is 5.92 Å². The third kappa shape index (κ3) is 4.78. The number of carboxylic acids is 1. The molecule has 2 N–H and O–H groups in total. The summed E-state index contributed by atoms with van der Waals surface area (Å²) in [5.41, 5.74) is 1.20. The van der Waals surface area contributed by atoms with Gasteiger partial charge in [0.1, 0.15) is 6.04 Å². The highest BCUT2D eigenvalue weighted by Crippen LogP contribution is 2.29. The minimum absolute atomic E-state index is 0.322. The van der Waals surface area contributed by atoms with Gasteiger partial charge < -0.3 is 5.11 Å². The number of benzene rings is 1. The summed E-state index contributed by atoms with van der Waals surface area (Å²) >= 11 is 3.41. The molecule has 0 spiro atoms. The number of rotatable bonds is 6. The maximum atomic E-state index is 12.4. The van der Waals surface area contributed by atoms with E-state index in [-0.39, 0.29) is 5.92 Å². The zero-order chi connectivity index (χ0) is 17.9. The predicted octanol–water partition coefficient (Wildman–Crippen LogP) is 2.57. The van der Waals surface area contributed by atoms with Crippen LogP contribution in [0.2, 0.25) is 0 Å². The minimum Gasteiger partial charge on any atom is -0.480 e. The van der Waals surface area contributed by atoms with Gasteiger partial charge in [0, 0.05) is 17.6 Å². The summed E-state index contributed by atoms with van der Waals surface area (Å²) in [4.78, 5) is 11.2. The van der Waals surface area contributed by atoms with Crippen LogP contribution in [0, 0.1) is 5.92 Å². The Hall–Kier alpha value is -0.960. The second-order valence-electron chi connectivity index (χ2n) is 6.41. The Bertz CT molecular complexity index is 668. The van der Waals surface area contributed by atoms with Crippen LogP contribution in [0.3, 0.4) is 0 Å². The Morgan fingerprint density at radius 1 is 1.25 bits per heavy atom. The zero-order valence-electron chi connectivity index (χ0n) is 13.8. The Balaban J connectivity index is 2.00. The van der Waals surface area contributed by atoms with Gasteiger partial charge in [0.05, 0.1) is 0 Å². The molecule has 0 aliphatic carbocycles. The lowest BCUT2D eigenvalue weighted by Crippen LogP contribution is -2.52. The summed E-state index contributed by atoms with van der Waals surface area (Å²) in [6.45, 7) is 4.14. The maximum absolute atomic E-state index is 12.4. The topological polar surface area (TPSA) is 86.7 Å². The molecule has 1 fully saturated rings. The number of nitrogens with one attached hydrogen (secondary N) is 1. The summed E-state index contributed by atoms with van der Waals surface area (Å²) in [6, 6.07) is 6.96. The van der Waals surface area contributed by atoms with E-state index in [0.717, 1.165) is 17.3 Å². The molecule has 1 saturated heterocycles. The number of halogens is 1. The van der Waals surface area contributed by atoms with Crippen LogP contribution >= 0.6 is 15.9 Å². The van der Waals surface area contributed by atoms with E-state index in [1.165, 1.54) is 9.87 Å². The first-order valence-corrected chi connectivity index (χ1v) is 10.2. The number of aliphatic carboxylic acids is 1. The summed E-state index contributed by atoms with van der Waals surface area (Å²) in [5.74, 6) is -1.15. The SMILES string of the molecule is CC(C)C(NS(=O)(=O)N1CCC(c2ccc(Br)cc2)CC1)C(=O)O. The van der Waals surface area contributed by atoms with Crippen molar-refractivity contribution in [2.45, 2.75) is 38.6 Å². The van der Waals surface area contributed by atoms with Crippen molar-refractivity contribution in [3.05, 3.63) is 34.3 Å². The molecule has 2 rings (SSSR count). The molecule has 0 saturated carbocycles. The number of hydrogen-bond donors (Lipinski definition) is 2. The van der Waals surface area contributed by atoms with Gasteiger partial charge in [0.2, 0.25) is 0 Å². The first-order valence-electron chi connectivity index (χ1n) is 7.96. The molecule has 0 bridgehead atoms. The van der Waals surface area contributed by atoms with Crippen LogP contribution in [0.5, 0.6) is 0 Å². The van der Waals surface area contributed by atoms with Gasteiger partial charge in [-0.05, 0) is 42.4 Å². The van der Waals surface area contributed by atoms with E-state index in [0.29, 0.717) is 19.0 Å². The van der Waals surface area contributed by atoms with E-state index in [9.17, 15) is 13.2 Å². The summed E-state index contributed by atoms with van der Waals surface area (Å²) in [6.07, 6.45) is 1.45. The summed E-state index contributed by atoms with van der Waals surface area (Å²) in [5, 5.41) is 9.17. The van der Waals surface area contributed by atoms with E-state index in [1.807, 2.05) is 12.1 Å². The molecule has 1 aliphatic heterocycles. The fourth-order valence-corrected chi connectivity index (χ4v) is 4.67. The van der Waals surface area contributed by atoms with E-state index in [1.54, 1.807) is 13.8 Å². The van der Waals surface area contributed by atoms with Crippen molar-refractivity contribution in [2.75, 3.05) is 13.1 Å². The molecular formula is C16H23BrN2O4S. The van der Waals surface area contributed by atoms with Gasteiger partial charge >= 0.3 is 5.97 Å². The Morgan fingerprint density at radius 2 is 1.79 bits per heavy atom. The molecule has 1 aromatic carbocycles. The highest BCUT2D eigenvalue weighted by Gasteiger charge is 2.33. The Morgan fingerprint density at radius 3 is 2.25 bits per heavy atom. The standard InChI is InChI=1S/C16H23BrN2O4S/c1-11(2)15(16(20)21)18-24(22,23)19-9-7-13(8-10-19)12-3-5-14(17)6-4-12/h3-6,11,13,15,18H,7-10H2,1-2H3,(H,20,21). The molecule has 1 aromatic rings. The molecule has 1 atom stereocenters. The fraction of sp³-hybridized carbons (Fsp3) is 0.562. The van der Waals surface area contributed by atoms with Crippen LogP contribution in [0.15, 0.2) is 28.7 Å². The average molecular weight is 419 g/mol. The van der Waals surface area contributed by atoms with Gasteiger partial charge in [0.25, 0.3) is 10.2 Å².